The number of carbonyl (C=O) groups excluding carboxylic acids is 1. The molecule has 0 spiro atoms. The molecule has 1 aliphatic heterocycles. The van der Waals surface area contributed by atoms with Crippen molar-refractivity contribution in [3.8, 4) is 5.75 Å². The van der Waals surface area contributed by atoms with Gasteiger partial charge in [-0.3, -0.25) is 14.7 Å². The number of hydrogen-bond acceptors (Lipinski definition) is 5. The summed E-state index contributed by atoms with van der Waals surface area (Å²) < 4.78 is 45.3. The highest BCUT2D eigenvalue weighted by Gasteiger charge is 2.47. The SMILES string of the molecule is Cc1ccc(OC[C@@H]2CCN2C)cc1C(=O)NC1(c2cc(N(C)CC(F)(F)F)cc3ncccc23)CC1. The quantitative estimate of drug-likeness (QED) is 0.458. The van der Waals surface area contributed by atoms with E-state index in [-0.39, 0.29) is 5.91 Å². The van der Waals surface area contributed by atoms with Crippen molar-refractivity contribution in [3.63, 3.8) is 0 Å². The third kappa shape index (κ3) is 5.37. The highest BCUT2D eigenvalue weighted by molar-refractivity contribution is 5.97. The number of amides is 1. The largest absolute Gasteiger partial charge is 0.492 e. The van der Waals surface area contributed by atoms with Crippen LogP contribution in [-0.4, -0.2) is 61.8 Å². The number of benzene rings is 2. The van der Waals surface area contributed by atoms with E-state index >= 15 is 0 Å². The topological polar surface area (TPSA) is 57.7 Å². The summed E-state index contributed by atoms with van der Waals surface area (Å²) in [7, 11) is 3.48. The maximum absolute atomic E-state index is 13.5. The monoisotopic (exact) mass is 512 g/mol. The highest BCUT2D eigenvalue weighted by atomic mass is 19.4. The molecule has 196 valence electrons. The first-order valence-corrected chi connectivity index (χ1v) is 12.5. The summed E-state index contributed by atoms with van der Waals surface area (Å²) in [6.07, 6.45) is -0.235. The standard InChI is InChI=1S/C28H31F3N4O2/c1-18-6-7-21(37-16-19-8-12-34(19)2)15-23(18)26(36)33-27(9-10-27)24-13-20(35(3)17-28(29,30)31)14-25-22(24)5-4-11-32-25/h4-7,11,13-15,19H,8-10,12,16-17H2,1-3H3,(H,33,36)/t19-/m0/s1. The molecule has 1 atom stereocenters. The van der Waals surface area contributed by atoms with Crippen LogP contribution in [0.5, 0.6) is 5.75 Å². The van der Waals surface area contributed by atoms with Crippen LogP contribution in [0.25, 0.3) is 10.9 Å². The van der Waals surface area contributed by atoms with Crippen LogP contribution in [0.15, 0.2) is 48.7 Å². The first kappa shape index (κ1) is 25.3. The number of likely N-dealkylation sites (tertiary alicyclic amines) is 1. The normalized spacial score (nSPS) is 18.8. The maximum Gasteiger partial charge on any atom is 0.405 e. The van der Waals surface area contributed by atoms with Crippen LogP contribution in [0, 0.1) is 6.92 Å². The summed E-state index contributed by atoms with van der Waals surface area (Å²) in [5, 5.41) is 4.02. The molecule has 5 rings (SSSR count). The Bertz CT molecular complexity index is 1320. The molecule has 3 aromatic rings. The second-order valence-corrected chi connectivity index (χ2v) is 10.3. The number of nitrogens with one attached hydrogen (secondary N) is 1. The van der Waals surface area contributed by atoms with E-state index in [1.807, 2.05) is 25.1 Å². The van der Waals surface area contributed by atoms with Gasteiger partial charge in [-0.25, -0.2) is 0 Å². The van der Waals surface area contributed by atoms with Gasteiger partial charge in [-0.2, -0.15) is 13.2 Å². The molecule has 37 heavy (non-hydrogen) atoms. The molecule has 2 heterocycles. The van der Waals surface area contributed by atoms with E-state index in [4.69, 9.17) is 4.74 Å². The van der Waals surface area contributed by atoms with Gasteiger partial charge in [0.2, 0.25) is 0 Å². The zero-order chi connectivity index (χ0) is 26.4. The molecule has 9 heteroatoms. The number of carbonyl (C=O) groups is 1. The zero-order valence-corrected chi connectivity index (χ0v) is 21.2. The Balaban J connectivity index is 1.41. The van der Waals surface area contributed by atoms with Gasteiger partial charge in [-0.05, 0) is 81.2 Å². The van der Waals surface area contributed by atoms with E-state index in [0.717, 1.165) is 29.5 Å². The van der Waals surface area contributed by atoms with E-state index in [1.54, 1.807) is 30.5 Å². The van der Waals surface area contributed by atoms with Crippen molar-refractivity contribution in [3.05, 3.63) is 65.4 Å². The van der Waals surface area contributed by atoms with Gasteiger partial charge < -0.3 is 15.0 Å². The molecule has 1 saturated carbocycles. The number of aryl methyl sites for hydroxylation is 1. The number of aromatic nitrogens is 1. The van der Waals surface area contributed by atoms with E-state index in [9.17, 15) is 18.0 Å². The lowest BCUT2D eigenvalue weighted by atomic mass is 9.97. The van der Waals surface area contributed by atoms with Gasteiger partial charge in [-0.15, -0.1) is 0 Å². The van der Waals surface area contributed by atoms with Gasteiger partial charge in [0, 0.05) is 35.9 Å². The van der Waals surface area contributed by atoms with Crippen LogP contribution < -0.4 is 15.0 Å². The molecule has 1 aromatic heterocycles. The van der Waals surface area contributed by atoms with Crippen molar-refractivity contribution in [1.29, 1.82) is 0 Å². The number of alkyl halides is 3. The lowest BCUT2D eigenvalue weighted by molar-refractivity contribution is -0.119. The fraction of sp³-hybridized carbons (Fsp3) is 0.429. The lowest BCUT2D eigenvalue weighted by Crippen LogP contribution is -2.48. The van der Waals surface area contributed by atoms with Crippen molar-refractivity contribution in [1.82, 2.24) is 15.2 Å². The predicted octanol–water partition coefficient (Wildman–Crippen LogP) is 5.04. The molecule has 1 amide bonds. The average molecular weight is 513 g/mol. The third-order valence-corrected chi connectivity index (χ3v) is 7.52. The molecule has 1 saturated heterocycles. The Hall–Kier alpha value is -3.33. The highest BCUT2D eigenvalue weighted by Crippen LogP contribution is 2.49. The first-order valence-electron chi connectivity index (χ1n) is 12.5. The van der Waals surface area contributed by atoms with Crippen molar-refractivity contribution >= 4 is 22.5 Å². The Morgan fingerprint density at radius 3 is 2.68 bits per heavy atom. The van der Waals surface area contributed by atoms with Crippen LogP contribution in [0.3, 0.4) is 0 Å². The summed E-state index contributed by atoms with van der Waals surface area (Å²) in [4.78, 5) is 21.3. The van der Waals surface area contributed by atoms with Crippen molar-refractivity contribution in [2.75, 3.05) is 38.7 Å². The van der Waals surface area contributed by atoms with Gasteiger partial charge in [0.15, 0.2) is 0 Å². The number of halogens is 3. The fourth-order valence-corrected chi connectivity index (χ4v) is 4.92. The molecule has 1 aliphatic carbocycles. The fourth-order valence-electron chi connectivity index (χ4n) is 4.92. The van der Waals surface area contributed by atoms with Crippen LogP contribution in [-0.2, 0) is 5.54 Å². The molecule has 0 bridgehead atoms. The summed E-state index contributed by atoms with van der Waals surface area (Å²) >= 11 is 0. The number of hydrogen-bond donors (Lipinski definition) is 1. The first-order chi connectivity index (χ1) is 17.5. The number of anilines is 1. The molecule has 2 fully saturated rings. The molecular weight excluding hydrogens is 481 g/mol. The van der Waals surface area contributed by atoms with Crippen molar-refractivity contribution in [2.45, 2.75) is 43.9 Å². The van der Waals surface area contributed by atoms with E-state index in [1.165, 1.54) is 11.9 Å². The van der Waals surface area contributed by atoms with Crippen LogP contribution in [0.2, 0.25) is 0 Å². The second kappa shape index (κ2) is 9.52. The van der Waals surface area contributed by atoms with Gasteiger partial charge in [-0.1, -0.05) is 12.1 Å². The minimum absolute atomic E-state index is 0.229. The molecule has 2 aliphatic rings. The maximum atomic E-state index is 13.5. The number of pyridine rings is 1. The third-order valence-electron chi connectivity index (χ3n) is 7.52. The predicted molar refractivity (Wildman–Crippen MR) is 137 cm³/mol. The van der Waals surface area contributed by atoms with E-state index < -0.39 is 18.3 Å². The van der Waals surface area contributed by atoms with Crippen molar-refractivity contribution < 1.29 is 22.7 Å². The Labute approximate surface area is 214 Å². The van der Waals surface area contributed by atoms with Crippen LogP contribution in [0.1, 0.15) is 40.7 Å². The van der Waals surface area contributed by atoms with Crippen molar-refractivity contribution in [2.24, 2.45) is 0 Å². The smallest absolute Gasteiger partial charge is 0.405 e. The molecule has 2 aromatic carbocycles. The minimum atomic E-state index is -4.34. The molecule has 0 radical (unpaired) electrons. The van der Waals surface area contributed by atoms with Crippen LogP contribution in [0.4, 0.5) is 18.9 Å². The summed E-state index contributed by atoms with van der Waals surface area (Å²) in [5.74, 6) is 0.415. The summed E-state index contributed by atoms with van der Waals surface area (Å²) in [5.41, 5.74) is 2.48. The van der Waals surface area contributed by atoms with Crippen LogP contribution >= 0.6 is 0 Å². The molecule has 6 nitrogen and oxygen atoms in total. The molecule has 1 N–H and O–H groups in total. The number of rotatable bonds is 8. The number of likely N-dealkylation sites (N-methyl/N-ethyl adjacent to an activating group) is 1. The number of ether oxygens (including phenoxy) is 1. The zero-order valence-electron chi connectivity index (χ0n) is 21.2. The van der Waals surface area contributed by atoms with Gasteiger partial charge in [0.25, 0.3) is 5.91 Å². The molecule has 0 unspecified atom stereocenters. The second-order valence-electron chi connectivity index (χ2n) is 10.3. The average Bonchev–Trinajstić information content (AvgIpc) is 3.62. The Kier molecular flexibility index (Phi) is 6.52. The van der Waals surface area contributed by atoms with E-state index in [2.05, 4.69) is 22.2 Å². The summed E-state index contributed by atoms with van der Waals surface area (Å²) in [6, 6.07) is 13.0. The lowest BCUT2D eigenvalue weighted by Gasteiger charge is -2.37. The summed E-state index contributed by atoms with van der Waals surface area (Å²) in [6.45, 7) is 2.44. The Morgan fingerprint density at radius 1 is 1.24 bits per heavy atom. The van der Waals surface area contributed by atoms with Gasteiger partial charge in [0.1, 0.15) is 18.9 Å². The van der Waals surface area contributed by atoms with Gasteiger partial charge >= 0.3 is 6.18 Å². The molecular formula is C28H31F3N4O2. The van der Waals surface area contributed by atoms with Gasteiger partial charge in [0.05, 0.1) is 11.1 Å². The Morgan fingerprint density at radius 2 is 2.03 bits per heavy atom. The minimum Gasteiger partial charge on any atom is -0.492 e. The number of nitrogens with zero attached hydrogens (tertiary/aromatic N) is 3. The number of fused-ring (bicyclic) bond motifs is 1. The van der Waals surface area contributed by atoms with E-state index in [0.29, 0.717) is 48.0 Å².